The molecular weight excluding hydrogens is 306 g/mol. The first kappa shape index (κ1) is 17.3. The highest BCUT2D eigenvalue weighted by molar-refractivity contribution is 7.99. The number of hydrogen-bond acceptors (Lipinski definition) is 4. The third-order valence-electron chi connectivity index (χ3n) is 3.45. The summed E-state index contributed by atoms with van der Waals surface area (Å²) in [6, 6.07) is 14.1. The third kappa shape index (κ3) is 5.60. The maximum atomic E-state index is 12.2. The molecule has 1 aromatic heterocycles. The van der Waals surface area contributed by atoms with Gasteiger partial charge in [0.2, 0.25) is 5.91 Å². The van der Waals surface area contributed by atoms with E-state index in [4.69, 9.17) is 0 Å². The summed E-state index contributed by atoms with van der Waals surface area (Å²) in [7, 11) is 3.91. The molecule has 0 aliphatic heterocycles. The second kappa shape index (κ2) is 8.58. The van der Waals surface area contributed by atoms with Crippen molar-refractivity contribution in [1.29, 1.82) is 0 Å². The normalized spacial score (nSPS) is 11.8. The van der Waals surface area contributed by atoms with Crippen LogP contribution in [-0.2, 0) is 17.1 Å². The van der Waals surface area contributed by atoms with Crippen LogP contribution in [0, 0.1) is 0 Å². The molecule has 4 nitrogen and oxygen atoms in total. The van der Waals surface area contributed by atoms with Crippen molar-refractivity contribution in [1.82, 2.24) is 10.3 Å². The van der Waals surface area contributed by atoms with Gasteiger partial charge in [0.1, 0.15) is 5.82 Å². The van der Waals surface area contributed by atoms with E-state index in [9.17, 15) is 4.79 Å². The summed E-state index contributed by atoms with van der Waals surface area (Å²) in [6.07, 6.45) is 1.80. The van der Waals surface area contributed by atoms with Gasteiger partial charge in [-0.15, -0.1) is 11.8 Å². The van der Waals surface area contributed by atoms with Crippen LogP contribution in [0.5, 0.6) is 0 Å². The Labute approximate surface area is 142 Å². The van der Waals surface area contributed by atoms with Crippen LogP contribution in [0.2, 0.25) is 0 Å². The number of aromatic nitrogens is 1. The van der Waals surface area contributed by atoms with Crippen LogP contribution in [0.4, 0.5) is 5.82 Å². The Hall–Kier alpha value is -2.01. The first-order valence-corrected chi connectivity index (χ1v) is 8.66. The molecule has 1 heterocycles. The Morgan fingerprint density at radius 2 is 1.91 bits per heavy atom. The van der Waals surface area contributed by atoms with Crippen LogP contribution in [0.25, 0.3) is 0 Å². The number of hydrogen-bond donors (Lipinski definition) is 1. The minimum absolute atomic E-state index is 0.0580. The fourth-order valence-electron chi connectivity index (χ4n) is 1.99. The predicted molar refractivity (Wildman–Crippen MR) is 97.6 cm³/mol. The Kier molecular flexibility index (Phi) is 6.47. The predicted octanol–water partition coefficient (Wildman–Crippen LogP) is 3.09. The fraction of sp³-hybridized carbons (Fsp3) is 0.333. The Balaban J connectivity index is 1.77. The van der Waals surface area contributed by atoms with Crippen LogP contribution in [0.1, 0.15) is 18.1 Å². The third-order valence-corrected chi connectivity index (χ3v) is 4.66. The zero-order valence-corrected chi connectivity index (χ0v) is 14.6. The Morgan fingerprint density at radius 1 is 1.17 bits per heavy atom. The van der Waals surface area contributed by atoms with Crippen molar-refractivity contribution in [2.75, 3.05) is 19.0 Å². The lowest BCUT2D eigenvalue weighted by Gasteiger charge is -2.13. The highest BCUT2D eigenvalue weighted by Gasteiger charge is 2.13. The number of carbonyl (C=O) groups is 1. The quantitative estimate of drug-likeness (QED) is 0.848. The highest BCUT2D eigenvalue weighted by atomic mass is 32.2. The number of nitrogens with one attached hydrogen (secondary N) is 1. The minimum Gasteiger partial charge on any atom is -0.363 e. The summed E-state index contributed by atoms with van der Waals surface area (Å²) < 4.78 is 0. The van der Waals surface area contributed by atoms with Crippen molar-refractivity contribution in [3.8, 4) is 0 Å². The second-order valence-corrected chi connectivity index (χ2v) is 6.90. The van der Waals surface area contributed by atoms with Gasteiger partial charge in [-0.25, -0.2) is 4.98 Å². The van der Waals surface area contributed by atoms with Crippen LogP contribution in [-0.4, -0.2) is 30.2 Å². The zero-order chi connectivity index (χ0) is 16.7. The van der Waals surface area contributed by atoms with Crippen LogP contribution in [0.15, 0.2) is 48.7 Å². The molecule has 23 heavy (non-hydrogen) atoms. The highest BCUT2D eigenvalue weighted by Crippen LogP contribution is 2.17. The molecule has 0 aliphatic rings. The molecule has 1 aromatic carbocycles. The van der Waals surface area contributed by atoms with Crippen LogP contribution >= 0.6 is 11.8 Å². The molecule has 2 rings (SSSR count). The molecule has 2 aromatic rings. The van der Waals surface area contributed by atoms with Gasteiger partial charge in [0, 0.05) is 32.6 Å². The summed E-state index contributed by atoms with van der Waals surface area (Å²) in [6.45, 7) is 2.45. The first-order valence-electron chi connectivity index (χ1n) is 7.62. The molecule has 0 aliphatic carbocycles. The number of pyridine rings is 1. The molecule has 5 heteroatoms. The number of amides is 1. The van der Waals surface area contributed by atoms with Gasteiger partial charge in [0.25, 0.3) is 0 Å². The topological polar surface area (TPSA) is 45.2 Å². The van der Waals surface area contributed by atoms with Crippen molar-refractivity contribution in [3.63, 3.8) is 0 Å². The lowest BCUT2D eigenvalue weighted by molar-refractivity contribution is -0.120. The number of anilines is 1. The van der Waals surface area contributed by atoms with E-state index in [1.54, 1.807) is 18.0 Å². The van der Waals surface area contributed by atoms with Gasteiger partial charge >= 0.3 is 0 Å². The molecule has 0 unspecified atom stereocenters. The molecule has 0 saturated carbocycles. The van der Waals surface area contributed by atoms with Crippen molar-refractivity contribution in [3.05, 3.63) is 59.8 Å². The molecule has 0 radical (unpaired) electrons. The molecule has 1 amide bonds. The standard InChI is InChI=1S/C18H23N3OS/c1-14(23-13-15-7-5-4-6-8-15)18(22)20-12-16-9-10-17(19-11-16)21(2)3/h4-11,14H,12-13H2,1-3H3,(H,20,22)/t14-/m0/s1. The fourth-order valence-corrected chi connectivity index (χ4v) is 2.86. The Bertz CT molecular complexity index is 614. The average Bonchev–Trinajstić information content (AvgIpc) is 2.58. The van der Waals surface area contributed by atoms with E-state index in [2.05, 4.69) is 22.4 Å². The molecule has 0 saturated heterocycles. The molecule has 1 atom stereocenters. The van der Waals surface area contributed by atoms with E-state index in [0.717, 1.165) is 17.1 Å². The molecule has 0 spiro atoms. The number of rotatable bonds is 7. The van der Waals surface area contributed by atoms with Crippen LogP contribution in [0.3, 0.4) is 0 Å². The summed E-state index contributed by atoms with van der Waals surface area (Å²) in [4.78, 5) is 18.4. The molecule has 0 bridgehead atoms. The van der Waals surface area contributed by atoms with Gasteiger partial charge in [-0.3, -0.25) is 4.79 Å². The maximum absolute atomic E-state index is 12.2. The van der Waals surface area contributed by atoms with E-state index >= 15 is 0 Å². The van der Waals surface area contributed by atoms with Gasteiger partial charge < -0.3 is 10.2 Å². The lowest BCUT2D eigenvalue weighted by Crippen LogP contribution is -2.30. The number of benzene rings is 1. The van der Waals surface area contributed by atoms with Crippen LogP contribution < -0.4 is 10.2 Å². The van der Waals surface area contributed by atoms with E-state index in [0.29, 0.717) is 6.54 Å². The van der Waals surface area contributed by atoms with Gasteiger partial charge in [-0.05, 0) is 24.1 Å². The van der Waals surface area contributed by atoms with Gasteiger partial charge in [0.05, 0.1) is 5.25 Å². The van der Waals surface area contributed by atoms with E-state index in [-0.39, 0.29) is 11.2 Å². The van der Waals surface area contributed by atoms with Gasteiger partial charge in [-0.1, -0.05) is 36.4 Å². The van der Waals surface area contributed by atoms with Crippen molar-refractivity contribution in [2.45, 2.75) is 24.5 Å². The number of nitrogens with zero attached hydrogens (tertiary/aromatic N) is 2. The number of thioether (sulfide) groups is 1. The van der Waals surface area contributed by atoms with E-state index in [1.165, 1.54) is 5.56 Å². The molecule has 1 N–H and O–H groups in total. The van der Waals surface area contributed by atoms with Gasteiger partial charge in [0.15, 0.2) is 0 Å². The van der Waals surface area contributed by atoms with Crippen molar-refractivity contribution >= 4 is 23.5 Å². The smallest absolute Gasteiger partial charge is 0.233 e. The summed E-state index contributed by atoms with van der Waals surface area (Å²) >= 11 is 1.64. The van der Waals surface area contributed by atoms with E-state index < -0.39 is 0 Å². The van der Waals surface area contributed by atoms with Crippen molar-refractivity contribution in [2.24, 2.45) is 0 Å². The average molecular weight is 329 g/mol. The van der Waals surface area contributed by atoms with Crippen molar-refractivity contribution < 1.29 is 4.79 Å². The monoisotopic (exact) mass is 329 g/mol. The second-order valence-electron chi connectivity index (χ2n) is 5.58. The SMILES string of the molecule is C[C@H](SCc1ccccc1)C(=O)NCc1ccc(N(C)C)nc1. The summed E-state index contributed by atoms with van der Waals surface area (Å²) in [5, 5.41) is 2.89. The minimum atomic E-state index is -0.0794. The summed E-state index contributed by atoms with van der Waals surface area (Å²) in [5.41, 5.74) is 2.24. The Morgan fingerprint density at radius 3 is 2.52 bits per heavy atom. The first-order chi connectivity index (χ1) is 11.1. The molecule has 0 fully saturated rings. The summed E-state index contributed by atoms with van der Waals surface area (Å²) in [5.74, 6) is 1.81. The maximum Gasteiger partial charge on any atom is 0.233 e. The lowest BCUT2D eigenvalue weighted by atomic mass is 10.2. The molecule has 122 valence electrons. The van der Waals surface area contributed by atoms with Gasteiger partial charge in [-0.2, -0.15) is 0 Å². The van der Waals surface area contributed by atoms with E-state index in [1.807, 2.05) is 56.3 Å². The largest absolute Gasteiger partial charge is 0.363 e. The zero-order valence-electron chi connectivity index (χ0n) is 13.8. The number of carbonyl (C=O) groups excluding carboxylic acids is 1. The molecular formula is C18H23N3OS.